The molecule has 28 heavy (non-hydrogen) atoms. The molecule has 0 spiro atoms. The van der Waals surface area contributed by atoms with Crippen molar-refractivity contribution in [1.82, 2.24) is 9.79 Å². The van der Waals surface area contributed by atoms with Gasteiger partial charge >= 0.3 is 5.97 Å². The van der Waals surface area contributed by atoms with Gasteiger partial charge in [0.25, 0.3) is 5.91 Å². The van der Waals surface area contributed by atoms with Gasteiger partial charge in [0.05, 0.1) is 4.90 Å². The average Bonchev–Trinajstić information content (AvgIpc) is 2.64. The highest BCUT2D eigenvalue weighted by molar-refractivity contribution is 8.00. The summed E-state index contributed by atoms with van der Waals surface area (Å²) in [6.07, 6.45) is 0. The number of amides is 1. The molecule has 2 N–H and O–H groups in total. The van der Waals surface area contributed by atoms with E-state index in [1.54, 1.807) is 19.3 Å². The number of ether oxygens (including phenoxy) is 2. The first kappa shape index (κ1) is 22.5. The number of carbonyl (C=O) groups excluding carboxylic acids is 2. The molecule has 1 aliphatic rings. The van der Waals surface area contributed by atoms with Crippen LogP contribution in [-0.2, 0) is 24.3 Å². The molecular formula is C17H24N2O7S2. The summed E-state index contributed by atoms with van der Waals surface area (Å²) in [6, 6.07) is 4.70. The van der Waals surface area contributed by atoms with Crippen LogP contribution in [0.5, 0.6) is 5.75 Å². The lowest BCUT2D eigenvalue weighted by Gasteiger charge is -2.43. The topological polar surface area (TPSA) is 122 Å². The normalized spacial score (nSPS) is 19.6. The molecule has 0 aliphatic carbocycles. The lowest BCUT2D eigenvalue weighted by atomic mass is 10.0. The Morgan fingerprint density at radius 1 is 1.29 bits per heavy atom. The minimum Gasteiger partial charge on any atom is -0.490 e. The SMILES string of the molecule is CC(=O)OCCOc1ccc(S(=O)(=O)N2CCSC(C)(C)[C@@H]2C(=O)NO)cc1. The highest BCUT2D eigenvalue weighted by Crippen LogP contribution is 2.38. The van der Waals surface area contributed by atoms with Crippen LogP contribution in [0.4, 0.5) is 0 Å². The van der Waals surface area contributed by atoms with E-state index in [1.165, 1.54) is 43.0 Å². The van der Waals surface area contributed by atoms with Gasteiger partial charge in [0.15, 0.2) is 0 Å². The zero-order valence-electron chi connectivity index (χ0n) is 15.9. The molecule has 1 atom stereocenters. The van der Waals surface area contributed by atoms with Crippen LogP contribution in [-0.4, -0.2) is 66.1 Å². The Labute approximate surface area is 168 Å². The third-order valence-corrected chi connectivity index (χ3v) is 7.41. The maximum atomic E-state index is 13.1. The molecule has 156 valence electrons. The third kappa shape index (κ3) is 5.16. The minimum atomic E-state index is -3.97. The largest absolute Gasteiger partial charge is 0.490 e. The Hall–Kier alpha value is -1.82. The molecule has 1 heterocycles. The van der Waals surface area contributed by atoms with E-state index in [2.05, 4.69) is 0 Å². The van der Waals surface area contributed by atoms with Crippen molar-refractivity contribution in [2.45, 2.75) is 36.5 Å². The van der Waals surface area contributed by atoms with Crippen LogP contribution in [0.3, 0.4) is 0 Å². The quantitative estimate of drug-likeness (QED) is 0.283. The fourth-order valence-corrected chi connectivity index (χ4v) is 6.02. The van der Waals surface area contributed by atoms with Gasteiger partial charge in [-0.15, -0.1) is 0 Å². The molecular weight excluding hydrogens is 408 g/mol. The van der Waals surface area contributed by atoms with E-state index in [4.69, 9.17) is 14.7 Å². The number of benzene rings is 1. The molecule has 0 radical (unpaired) electrons. The van der Waals surface area contributed by atoms with Gasteiger partial charge in [0.2, 0.25) is 10.0 Å². The average molecular weight is 433 g/mol. The van der Waals surface area contributed by atoms with E-state index >= 15 is 0 Å². The number of carbonyl (C=O) groups is 2. The van der Waals surface area contributed by atoms with Gasteiger partial charge in [-0.25, -0.2) is 13.9 Å². The number of hydrogen-bond donors (Lipinski definition) is 2. The van der Waals surface area contributed by atoms with Crippen LogP contribution in [0.2, 0.25) is 0 Å². The summed E-state index contributed by atoms with van der Waals surface area (Å²) in [7, 11) is -3.97. The maximum Gasteiger partial charge on any atom is 0.302 e. The number of esters is 1. The van der Waals surface area contributed by atoms with E-state index in [0.717, 1.165) is 4.31 Å². The van der Waals surface area contributed by atoms with E-state index < -0.39 is 32.7 Å². The number of nitrogens with zero attached hydrogens (tertiary/aromatic N) is 1. The smallest absolute Gasteiger partial charge is 0.302 e. The molecule has 1 amide bonds. The van der Waals surface area contributed by atoms with Gasteiger partial charge in [-0.1, -0.05) is 0 Å². The fraction of sp³-hybridized carbons (Fsp3) is 0.529. The predicted molar refractivity (Wildman–Crippen MR) is 103 cm³/mol. The van der Waals surface area contributed by atoms with Crippen LogP contribution < -0.4 is 10.2 Å². The molecule has 0 aromatic heterocycles. The summed E-state index contributed by atoms with van der Waals surface area (Å²) < 4.78 is 36.8. The maximum absolute atomic E-state index is 13.1. The van der Waals surface area contributed by atoms with E-state index in [9.17, 15) is 18.0 Å². The lowest BCUT2D eigenvalue weighted by Crippen LogP contribution is -2.61. The van der Waals surface area contributed by atoms with Gasteiger partial charge in [0, 0.05) is 24.0 Å². The first-order valence-corrected chi connectivity index (χ1v) is 11.0. The van der Waals surface area contributed by atoms with Gasteiger partial charge in [0.1, 0.15) is 25.0 Å². The molecule has 1 fully saturated rings. The van der Waals surface area contributed by atoms with Crippen LogP contribution in [0.25, 0.3) is 0 Å². The number of hydrogen-bond acceptors (Lipinski definition) is 8. The van der Waals surface area contributed by atoms with E-state index in [-0.39, 0.29) is 24.7 Å². The summed E-state index contributed by atoms with van der Waals surface area (Å²) in [6.45, 7) is 5.20. The molecule has 1 saturated heterocycles. The third-order valence-electron chi connectivity index (χ3n) is 4.18. The lowest BCUT2D eigenvalue weighted by molar-refractivity contribution is -0.141. The van der Waals surface area contributed by atoms with Gasteiger partial charge in [-0.05, 0) is 38.1 Å². The molecule has 1 aliphatic heterocycles. The van der Waals surface area contributed by atoms with Crippen LogP contribution in [0, 0.1) is 0 Å². The number of sulfonamides is 1. The zero-order valence-corrected chi connectivity index (χ0v) is 17.5. The van der Waals surface area contributed by atoms with Crippen molar-refractivity contribution in [2.24, 2.45) is 0 Å². The number of hydroxylamine groups is 1. The first-order chi connectivity index (χ1) is 13.1. The molecule has 11 heteroatoms. The van der Waals surface area contributed by atoms with Crippen molar-refractivity contribution in [2.75, 3.05) is 25.5 Å². The Morgan fingerprint density at radius 3 is 2.50 bits per heavy atom. The van der Waals surface area contributed by atoms with Crippen molar-refractivity contribution >= 4 is 33.7 Å². The summed E-state index contributed by atoms with van der Waals surface area (Å²) >= 11 is 1.47. The van der Waals surface area contributed by atoms with E-state index in [0.29, 0.717) is 11.5 Å². The number of nitrogens with one attached hydrogen (secondary N) is 1. The zero-order chi connectivity index (χ0) is 20.9. The van der Waals surface area contributed by atoms with Crippen molar-refractivity contribution in [1.29, 1.82) is 0 Å². The fourth-order valence-electron chi connectivity index (χ4n) is 2.91. The van der Waals surface area contributed by atoms with Crippen LogP contribution in [0.15, 0.2) is 29.2 Å². The van der Waals surface area contributed by atoms with Crippen molar-refractivity contribution in [3.63, 3.8) is 0 Å². The summed E-state index contributed by atoms with van der Waals surface area (Å²) in [5.74, 6) is -0.232. The van der Waals surface area contributed by atoms with Crippen molar-refractivity contribution in [3.8, 4) is 5.75 Å². The Bertz CT molecular complexity index is 809. The highest BCUT2D eigenvalue weighted by Gasteiger charge is 2.48. The summed E-state index contributed by atoms with van der Waals surface area (Å²) in [5.41, 5.74) is 1.58. The van der Waals surface area contributed by atoms with Crippen molar-refractivity contribution < 1.29 is 32.7 Å². The monoisotopic (exact) mass is 432 g/mol. The molecule has 0 bridgehead atoms. The summed E-state index contributed by atoms with van der Waals surface area (Å²) in [4.78, 5) is 22.9. The second-order valence-electron chi connectivity index (χ2n) is 6.61. The molecule has 9 nitrogen and oxygen atoms in total. The summed E-state index contributed by atoms with van der Waals surface area (Å²) in [5, 5.41) is 9.07. The molecule has 1 aromatic carbocycles. The molecule has 0 unspecified atom stereocenters. The predicted octanol–water partition coefficient (Wildman–Crippen LogP) is 1.02. The van der Waals surface area contributed by atoms with Gasteiger partial charge in [-0.3, -0.25) is 14.8 Å². The van der Waals surface area contributed by atoms with E-state index in [1.807, 2.05) is 0 Å². The standard InChI is InChI=1S/C17H24N2O7S2/c1-12(20)25-9-10-26-13-4-6-14(7-5-13)28(23,24)19-8-11-27-17(2,3)15(19)16(21)18-22/h4-7,15,22H,8-11H2,1-3H3,(H,18,21)/t15-/m0/s1. The Morgan fingerprint density at radius 2 is 1.93 bits per heavy atom. The Balaban J connectivity index is 2.18. The van der Waals surface area contributed by atoms with Gasteiger partial charge < -0.3 is 9.47 Å². The molecule has 0 saturated carbocycles. The van der Waals surface area contributed by atoms with Crippen LogP contribution in [0.1, 0.15) is 20.8 Å². The second kappa shape index (κ2) is 9.12. The Kier molecular flexibility index (Phi) is 7.32. The number of rotatable bonds is 7. The minimum absolute atomic E-state index is 0.0123. The molecule has 2 rings (SSSR count). The van der Waals surface area contributed by atoms with Gasteiger partial charge in [-0.2, -0.15) is 16.1 Å². The van der Waals surface area contributed by atoms with Crippen molar-refractivity contribution in [3.05, 3.63) is 24.3 Å². The first-order valence-electron chi connectivity index (χ1n) is 8.55. The molecule has 1 aromatic rings. The second-order valence-corrected chi connectivity index (χ2v) is 10.2. The highest BCUT2D eigenvalue weighted by atomic mass is 32.2. The van der Waals surface area contributed by atoms with Crippen LogP contribution >= 0.6 is 11.8 Å². The number of thioether (sulfide) groups is 1.